The average Bonchev–Trinajstić information content (AvgIpc) is 3.18. The van der Waals surface area contributed by atoms with Gasteiger partial charge in [-0.3, -0.25) is 4.79 Å². The number of nitrogens with two attached hydrogens (primary N) is 1. The van der Waals surface area contributed by atoms with E-state index in [1.165, 1.54) is 6.07 Å². The van der Waals surface area contributed by atoms with E-state index in [0.29, 0.717) is 44.1 Å². The summed E-state index contributed by atoms with van der Waals surface area (Å²) >= 11 is 0. The monoisotopic (exact) mass is 452 g/mol. The predicted molar refractivity (Wildman–Crippen MR) is 108 cm³/mol. The SMILES string of the molecule is NC(=O)C12CC3CC(C1)C(OC(=O)N1CC[C@@H](Nc4ccc(C(F)(F)F)cn4)C1)C(C3)C2. The van der Waals surface area contributed by atoms with Crippen LogP contribution in [0, 0.1) is 23.2 Å². The maximum absolute atomic E-state index is 12.8. The quantitative estimate of drug-likeness (QED) is 0.730. The highest BCUT2D eigenvalue weighted by Gasteiger charge is 2.59. The number of nitrogens with one attached hydrogen (secondary N) is 1. The Hall–Kier alpha value is -2.52. The second-order valence-electron chi connectivity index (χ2n) is 9.97. The van der Waals surface area contributed by atoms with E-state index in [1.807, 2.05) is 0 Å². The normalized spacial score (nSPS) is 35.7. The molecule has 0 radical (unpaired) electrons. The van der Waals surface area contributed by atoms with Crippen LogP contribution < -0.4 is 11.1 Å². The first-order valence-corrected chi connectivity index (χ1v) is 11.2. The van der Waals surface area contributed by atoms with Gasteiger partial charge in [0.25, 0.3) is 0 Å². The van der Waals surface area contributed by atoms with Gasteiger partial charge in [0.05, 0.1) is 11.0 Å². The summed E-state index contributed by atoms with van der Waals surface area (Å²) < 4.78 is 44.0. The highest BCUT2D eigenvalue weighted by molar-refractivity contribution is 5.81. The molecule has 2 amide bonds. The van der Waals surface area contributed by atoms with Gasteiger partial charge in [-0.2, -0.15) is 13.2 Å². The van der Waals surface area contributed by atoms with Gasteiger partial charge in [-0.1, -0.05) is 0 Å². The molecule has 1 aromatic heterocycles. The van der Waals surface area contributed by atoms with Crippen molar-refractivity contribution in [2.24, 2.45) is 28.9 Å². The lowest BCUT2D eigenvalue weighted by atomic mass is 9.48. The number of likely N-dealkylation sites (tertiary alicyclic amines) is 1. The van der Waals surface area contributed by atoms with Crippen LogP contribution in [-0.2, 0) is 15.7 Å². The lowest BCUT2D eigenvalue weighted by Gasteiger charge is -2.58. The van der Waals surface area contributed by atoms with E-state index in [1.54, 1.807) is 4.90 Å². The van der Waals surface area contributed by atoms with Crippen LogP contribution >= 0.6 is 0 Å². The molecule has 1 aliphatic heterocycles. The Balaban J connectivity index is 1.16. The van der Waals surface area contributed by atoms with Gasteiger partial charge in [0, 0.05) is 25.3 Å². The summed E-state index contributed by atoms with van der Waals surface area (Å²) in [5.41, 5.74) is 4.51. The van der Waals surface area contributed by atoms with E-state index in [4.69, 9.17) is 10.5 Å². The fourth-order valence-corrected chi connectivity index (χ4v) is 6.56. The molecule has 0 spiro atoms. The van der Waals surface area contributed by atoms with Crippen molar-refractivity contribution < 1.29 is 27.5 Å². The second-order valence-corrected chi connectivity index (χ2v) is 9.97. The number of nitrogens with zero attached hydrogens (tertiary/aromatic N) is 2. The molecule has 4 aliphatic carbocycles. The number of amides is 2. The number of hydrogen-bond acceptors (Lipinski definition) is 5. The highest BCUT2D eigenvalue weighted by Crippen LogP contribution is 2.60. The molecule has 5 fully saturated rings. The first-order valence-electron chi connectivity index (χ1n) is 11.2. The third-order valence-corrected chi connectivity index (χ3v) is 7.84. The van der Waals surface area contributed by atoms with Gasteiger partial charge >= 0.3 is 12.3 Å². The number of carbonyl (C=O) groups excluding carboxylic acids is 2. The summed E-state index contributed by atoms with van der Waals surface area (Å²) in [6.45, 7) is 0.907. The predicted octanol–water partition coefficient (Wildman–Crippen LogP) is 3.40. The molecule has 2 heterocycles. The van der Waals surface area contributed by atoms with Crippen LogP contribution in [0.3, 0.4) is 0 Å². The summed E-state index contributed by atoms with van der Waals surface area (Å²) in [6, 6.07) is 2.18. The van der Waals surface area contributed by atoms with Gasteiger partial charge in [0.15, 0.2) is 0 Å². The third kappa shape index (κ3) is 3.77. The molecule has 4 saturated carbocycles. The first kappa shape index (κ1) is 21.3. The molecule has 32 heavy (non-hydrogen) atoms. The van der Waals surface area contributed by atoms with E-state index in [2.05, 4.69) is 10.3 Å². The van der Waals surface area contributed by atoms with Crippen molar-refractivity contribution >= 4 is 17.8 Å². The Bertz CT molecular complexity index is 891. The molecule has 7 nitrogen and oxygen atoms in total. The summed E-state index contributed by atoms with van der Waals surface area (Å²) in [4.78, 5) is 30.4. The summed E-state index contributed by atoms with van der Waals surface area (Å²) in [5, 5.41) is 3.10. The standard InChI is InChI=1S/C22H27F3N4O3/c23-22(24,25)15-1-2-17(27-10-15)28-16-3-4-29(11-16)20(31)32-18-13-5-12-6-14(18)9-21(7-12,8-13)19(26)30/h1-2,10,12-14,16,18H,3-9,11H2,(H2,26,30)(H,27,28)/t12?,13?,14?,16-,18?,21?/m1/s1. The zero-order valence-corrected chi connectivity index (χ0v) is 17.6. The number of rotatable bonds is 4. The highest BCUT2D eigenvalue weighted by atomic mass is 19.4. The molecule has 3 atom stereocenters. The molecule has 1 aromatic rings. The van der Waals surface area contributed by atoms with E-state index in [0.717, 1.165) is 31.5 Å². The number of carbonyl (C=O) groups is 2. The molecule has 6 rings (SSSR count). The minimum atomic E-state index is -4.42. The van der Waals surface area contributed by atoms with Crippen molar-refractivity contribution in [2.45, 2.75) is 56.8 Å². The van der Waals surface area contributed by atoms with Gasteiger partial charge in [0.2, 0.25) is 5.91 Å². The zero-order chi connectivity index (χ0) is 22.7. The zero-order valence-electron chi connectivity index (χ0n) is 17.6. The fraction of sp³-hybridized carbons (Fsp3) is 0.682. The van der Waals surface area contributed by atoms with Crippen LogP contribution in [-0.4, -0.2) is 47.1 Å². The Morgan fingerprint density at radius 1 is 1.19 bits per heavy atom. The molecule has 3 N–H and O–H groups in total. The van der Waals surface area contributed by atoms with Gasteiger partial charge in [-0.25, -0.2) is 9.78 Å². The fourth-order valence-electron chi connectivity index (χ4n) is 6.56. The van der Waals surface area contributed by atoms with Crippen LogP contribution in [0.2, 0.25) is 0 Å². The number of aromatic nitrogens is 1. The van der Waals surface area contributed by atoms with Crippen LogP contribution in [0.25, 0.3) is 0 Å². The van der Waals surface area contributed by atoms with Crippen molar-refractivity contribution in [2.75, 3.05) is 18.4 Å². The largest absolute Gasteiger partial charge is 0.446 e. The van der Waals surface area contributed by atoms with Crippen LogP contribution in [0.4, 0.5) is 23.8 Å². The smallest absolute Gasteiger partial charge is 0.417 e. The number of halogens is 3. The number of primary amides is 1. The first-order chi connectivity index (χ1) is 15.1. The van der Waals surface area contributed by atoms with E-state index >= 15 is 0 Å². The maximum atomic E-state index is 12.8. The van der Waals surface area contributed by atoms with Crippen LogP contribution in [0.15, 0.2) is 18.3 Å². The van der Waals surface area contributed by atoms with Crippen molar-refractivity contribution in [3.05, 3.63) is 23.9 Å². The molecule has 0 aromatic carbocycles. The number of pyridine rings is 1. The van der Waals surface area contributed by atoms with Crippen molar-refractivity contribution in [1.82, 2.24) is 9.88 Å². The van der Waals surface area contributed by atoms with Gasteiger partial charge in [-0.15, -0.1) is 0 Å². The molecule has 174 valence electrons. The molecular formula is C22H27F3N4O3. The lowest BCUT2D eigenvalue weighted by molar-refractivity contribution is -0.161. The minimum absolute atomic E-state index is 0.108. The number of hydrogen-bond donors (Lipinski definition) is 2. The molecule has 2 unspecified atom stereocenters. The van der Waals surface area contributed by atoms with E-state index in [-0.39, 0.29) is 36.0 Å². The molecular weight excluding hydrogens is 425 g/mol. The molecule has 10 heteroatoms. The molecule has 1 saturated heterocycles. The number of alkyl halides is 3. The topological polar surface area (TPSA) is 97.6 Å². The Labute approximate surface area is 183 Å². The maximum Gasteiger partial charge on any atom is 0.417 e. The molecule has 5 aliphatic rings. The van der Waals surface area contributed by atoms with E-state index in [9.17, 15) is 22.8 Å². The summed E-state index contributed by atoms with van der Waals surface area (Å²) in [5.74, 6) is 0.991. The Morgan fingerprint density at radius 2 is 1.91 bits per heavy atom. The van der Waals surface area contributed by atoms with Gasteiger partial charge in [-0.05, 0) is 68.4 Å². The summed E-state index contributed by atoms with van der Waals surface area (Å²) in [6.07, 6.45) is 0.739. The van der Waals surface area contributed by atoms with Crippen molar-refractivity contribution in [3.63, 3.8) is 0 Å². The third-order valence-electron chi connectivity index (χ3n) is 7.84. The second kappa shape index (κ2) is 7.52. The van der Waals surface area contributed by atoms with Gasteiger partial charge in [0.1, 0.15) is 11.9 Å². The molecule has 4 bridgehead atoms. The number of ether oxygens (including phenoxy) is 1. The summed E-state index contributed by atoms with van der Waals surface area (Å²) in [7, 11) is 0. The van der Waals surface area contributed by atoms with Crippen LogP contribution in [0.5, 0.6) is 0 Å². The van der Waals surface area contributed by atoms with Crippen LogP contribution in [0.1, 0.15) is 44.1 Å². The van der Waals surface area contributed by atoms with Crippen molar-refractivity contribution in [1.29, 1.82) is 0 Å². The minimum Gasteiger partial charge on any atom is -0.446 e. The van der Waals surface area contributed by atoms with Gasteiger partial charge < -0.3 is 20.7 Å². The lowest BCUT2D eigenvalue weighted by Crippen LogP contribution is -2.59. The Morgan fingerprint density at radius 3 is 2.50 bits per heavy atom. The number of anilines is 1. The average molecular weight is 452 g/mol. The van der Waals surface area contributed by atoms with Crippen molar-refractivity contribution in [3.8, 4) is 0 Å². The van der Waals surface area contributed by atoms with E-state index < -0.39 is 17.2 Å². The Kier molecular flexibility index (Phi) is 5.01.